The minimum Gasteiger partial charge on any atom is -0.444 e. The molecule has 0 unspecified atom stereocenters. The van der Waals surface area contributed by atoms with Gasteiger partial charge in [0.2, 0.25) is 5.91 Å². The molecule has 0 radical (unpaired) electrons. The smallest absolute Gasteiger partial charge is 0.408 e. The van der Waals surface area contributed by atoms with E-state index in [2.05, 4.69) is 27.8 Å². The molecule has 3 atom stereocenters. The fourth-order valence-electron chi connectivity index (χ4n) is 3.13. The van der Waals surface area contributed by atoms with Gasteiger partial charge in [0.05, 0.1) is 11.1 Å². The first kappa shape index (κ1) is 24.3. The van der Waals surface area contributed by atoms with Crippen LogP contribution in [-0.2, 0) is 16.0 Å². The third-order valence-corrected chi connectivity index (χ3v) is 6.09. The van der Waals surface area contributed by atoms with Crippen LogP contribution in [0.1, 0.15) is 53.0 Å². The Morgan fingerprint density at radius 2 is 1.90 bits per heavy atom. The number of hydrogen-bond donors (Lipinski definition) is 2. The average Bonchev–Trinajstić information content (AvgIpc) is 2.71. The van der Waals surface area contributed by atoms with Crippen molar-refractivity contribution in [1.29, 1.82) is 0 Å². The van der Waals surface area contributed by atoms with Crippen molar-refractivity contribution in [2.75, 3.05) is 12.3 Å². The molecule has 7 heteroatoms. The van der Waals surface area contributed by atoms with Gasteiger partial charge in [0, 0.05) is 12.3 Å². The second kappa shape index (κ2) is 11.4. The van der Waals surface area contributed by atoms with Gasteiger partial charge in [-0.25, -0.2) is 4.79 Å². The van der Waals surface area contributed by atoms with Crippen molar-refractivity contribution in [1.82, 2.24) is 10.6 Å². The van der Waals surface area contributed by atoms with E-state index >= 15 is 0 Å². The molecule has 2 amide bonds. The number of nitrogens with one attached hydrogen (secondary N) is 2. The molecule has 2 N–H and O–H groups in total. The molecule has 0 aliphatic carbocycles. The number of benzene rings is 1. The minimum absolute atomic E-state index is 0.0316. The van der Waals surface area contributed by atoms with Gasteiger partial charge in [-0.2, -0.15) is 0 Å². The van der Waals surface area contributed by atoms with Crippen LogP contribution in [0.5, 0.6) is 0 Å². The number of amides is 2. The highest BCUT2D eigenvalue weighted by atomic mass is 32.2. The molecular weight excluding hydrogens is 398 g/mol. The van der Waals surface area contributed by atoms with E-state index in [0.29, 0.717) is 6.42 Å². The van der Waals surface area contributed by atoms with Crippen molar-refractivity contribution in [3.8, 4) is 0 Å². The molecule has 0 saturated carbocycles. The van der Waals surface area contributed by atoms with Crippen molar-refractivity contribution in [2.24, 2.45) is 10.9 Å². The zero-order valence-electron chi connectivity index (χ0n) is 18.7. The third kappa shape index (κ3) is 8.01. The highest BCUT2D eigenvalue weighted by Crippen LogP contribution is 2.19. The van der Waals surface area contributed by atoms with Gasteiger partial charge < -0.3 is 15.4 Å². The molecule has 1 aliphatic rings. The van der Waals surface area contributed by atoms with Crippen LogP contribution in [0.2, 0.25) is 0 Å². The quantitative estimate of drug-likeness (QED) is 0.644. The Hall–Kier alpha value is -2.02. The number of thioether (sulfide) groups is 1. The van der Waals surface area contributed by atoms with Crippen LogP contribution in [0.3, 0.4) is 0 Å². The number of carbonyl (C=O) groups is 2. The van der Waals surface area contributed by atoms with Crippen molar-refractivity contribution in [2.45, 2.75) is 71.6 Å². The lowest BCUT2D eigenvalue weighted by atomic mass is 9.97. The Morgan fingerprint density at radius 3 is 2.47 bits per heavy atom. The Labute approximate surface area is 184 Å². The number of rotatable bonds is 8. The normalized spacial score (nSPS) is 17.3. The molecule has 1 aromatic rings. The molecule has 6 nitrogen and oxygen atoms in total. The predicted molar refractivity (Wildman–Crippen MR) is 124 cm³/mol. The lowest BCUT2D eigenvalue weighted by Crippen LogP contribution is -2.55. The topological polar surface area (TPSA) is 79.8 Å². The summed E-state index contributed by atoms with van der Waals surface area (Å²) in [6, 6.07) is 9.20. The monoisotopic (exact) mass is 433 g/mol. The summed E-state index contributed by atoms with van der Waals surface area (Å²) in [5, 5.41) is 6.89. The predicted octanol–water partition coefficient (Wildman–Crippen LogP) is 4.19. The van der Waals surface area contributed by atoms with E-state index in [4.69, 9.17) is 4.74 Å². The van der Waals surface area contributed by atoms with Gasteiger partial charge in [-0.15, -0.1) is 11.8 Å². The number of nitrogens with zero attached hydrogens (tertiary/aromatic N) is 1. The summed E-state index contributed by atoms with van der Waals surface area (Å²) in [4.78, 5) is 30.2. The number of aliphatic imine (C=N–C) groups is 1. The largest absolute Gasteiger partial charge is 0.444 e. The van der Waals surface area contributed by atoms with Crippen molar-refractivity contribution in [3.05, 3.63) is 35.9 Å². The van der Waals surface area contributed by atoms with Gasteiger partial charge in [0.15, 0.2) is 0 Å². The number of carbonyl (C=O) groups excluding carboxylic acids is 2. The number of ether oxygens (including phenoxy) is 1. The molecule has 1 heterocycles. The molecule has 30 heavy (non-hydrogen) atoms. The molecule has 2 rings (SSSR count). The van der Waals surface area contributed by atoms with Crippen molar-refractivity contribution < 1.29 is 14.3 Å². The van der Waals surface area contributed by atoms with Crippen LogP contribution in [-0.4, -0.2) is 47.0 Å². The summed E-state index contributed by atoms with van der Waals surface area (Å²) in [5.74, 6) is 0.770. The van der Waals surface area contributed by atoms with E-state index in [-0.39, 0.29) is 17.9 Å². The first-order chi connectivity index (χ1) is 14.2. The Kier molecular flexibility index (Phi) is 9.21. The Balaban J connectivity index is 2.16. The van der Waals surface area contributed by atoms with Crippen LogP contribution in [0.15, 0.2) is 35.3 Å². The van der Waals surface area contributed by atoms with Gasteiger partial charge in [-0.3, -0.25) is 9.79 Å². The van der Waals surface area contributed by atoms with Crippen molar-refractivity contribution >= 4 is 28.8 Å². The summed E-state index contributed by atoms with van der Waals surface area (Å²) in [7, 11) is 0. The highest BCUT2D eigenvalue weighted by Gasteiger charge is 2.31. The van der Waals surface area contributed by atoms with Crippen LogP contribution in [0.4, 0.5) is 4.79 Å². The first-order valence-electron chi connectivity index (χ1n) is 10.7. The molecule has 0 saturated heterocycles. The molecule has 0 fully saturated rings. The molecule has 166 valence electrons. The standard InChI is InChI=1S/C23H35N3O3S/c1-6-16(2)19(26-22(28)29-23(3,4)5)20(27)25-18(21-24-13-10-14-30-21)15-17-11-8-7-9-12-17/h7-9,11-12,16,18-19H,6,10,13-15H2,1-5H3,(H,25,27)(H,26,28)/t16-,18+,19-/m0/s1. The Morgan fingerprint density at radius 1 is 1.20 bits per heavy atom. The summed E-state index contributed by atoms with van der Waals surface area (Å²) < 4.78 is 5.37. The van der Waals surface area contributed by atoms with E-state index in [1.54, 1.807) is 32.5 Å². The molecule has 1 aromatic carbocycles. The first-order valence-corrected chi connectivity index (χ1v) is 11.7. The fraction of sp³-hybridized carbons (Fsp3) is 0.609. The zero-order valence-corrected chi connectivity index (χ0v) is 19.6. The maximum atomic E-state index is 13.2. The fourth-order valence-corrected chi connectivity index (χ4v) is 4.14. The van der Waals surface area contributed by atoms with Gasteiger partial charge in [0.25, 0.3) is 0 Å². The second-order valence-corrected chi connectivity index (χ2v) is 9.80. The van der Waals surface area contributed by atoms with Gasteiger partial charge in [-0.05, 0) is 45.1 Å². The van der Waals surface area contributed by atoms with Crippen molar-refractivity contribution in [3.63, 3.8) is 0 Å². The summed E-state index contributed by atoms with van der Waals surface area (Å²) in [6.07, 6.45) is 1.90. The SMILES string of the molecule is CC[C@H](C)[C@H](NC(=O)OC(C)(C)C)C(=O)N[C@H](Cc1ccccc1)C1=NCCCS1. The van der Waals surface area contributed by atoms with Gasteiger partial charge >= 0.3 is 6.09 Å². The molecule has 1 aliphatic heterocycles. The maximum absolute atomic E-state index is 13.2. The second-order valence-electron chi connectivity index (χ2n) is 8.68. The summed E-state index contributed by atoms with van der Waals surface area (Å²) in [6.45, 7) is 10.2. The van der Waals surface area contributed by atoms with Crippen LogP contribution in [0.25, 0.3) is 0 Å². The van der Waals surface area contributed by atoms with Crippen LogP contribution >= 0.6 is 11.8 Å². The van der Waals surface area contributed by atoms with E-state index in [1.807, 2.05) is 32.0 Å². The minimum atomic E-state index is -0.669. The van der Waals surface area contributed by atoms with Gasteiger partial charge in [-0.1, -0.05) is 50.6 Å². The van der Waals surface area contributed by atoms with E-state index in [0.717, 1.165) is 35.7 Å². The number of hydrogen-bond acceptors (Lipinski definition) is 5. The van der Waals surface area contributed by atoms with E-state index in [9.17, 15) is 9.59 Å². The third-order valence-electron chi connectivity index (χ3n) is 4.88. The Bertz CT molecular complexity index is 731. The lowest BCUT2D eigenvalue weighted by Gasteiger charge is -2.29. The van der Waals surface area contributed by atoms with E-state index < -0.39 is 17.7 Å². The van der Waals surface area contributed by atoms with E-state index in [1.165, 1.54) is 0 Å². The summed E-state index contributed by atoms with van der Waals surface area (Å²) >= 11 is 1.70. The zero-order chi connectivity index (χ0) is 22.1. The number of alkyl carbamates (subject to hydrolysis) is 1. The molecule has 0 bridgehead atoms. The summed E-state index contributed by atoms with van der Waals surface area (Å²) in [5.41, 5.74) is 0.515. The average molecular weight is 434 g/mol. The van der Waals surface area contributed by atoms with Crippen LogP contribution < -0.4 is 10.6 Å². The molecule has 0 aromatic heterocycles. The molecular formula is C23H35N3O3S. The maximum Gasteiger partial charge on any atom is 0.408 e. The highest BCUT2D eigenvalue weighted by molar-refractivity contribution is 8.14. The van der Waals surface area contributed by atoms with Crippen LogP contribution in [0, 0.1) is 5.92 Å². The lowest BCUT2D eigenvalue weighted by molar-refractivity contribution is -0.124. The van der Waals surface area contributed by atoms with Gasteiger partial charge in [0.1, 0.15) is 11.6 Å². The molecule has 0 spiro atoms.